The molecule has 10 heteroatoms. The van der Waals surface area contributed by atoms with Gasteiger partial charge in [0, 0.05) is 10.7 Å². The first-order chi connectivity index (χ1) is 13.1. The molecule has 0 spiro atoms. The summed E-state index contributed by atoms with van der Waals surface area (Å²) in [4.78, 5) is 28.8. The van der Waals surface area contributed by atoms with Crippen molar-refractivity contribution < 1.29 is 14.3 Å². The fraction of sp³-hybridized carbons (Fsp3) is 0.278. The number of hydrogen-bond acceptors (Lipinski definition) is 6. The van der Waals surface area contributed by atoms with E-state index in [2.05, 4.69) is 41.9 Å². The van der Waals surface area contributed by atoms with Gasteiger partial charge in [-0.25, -0.2) is 9.31 Å². The number of nitrogens with zero attached hydrogens (tertiary/aromatic N) is 4. The van der Waals surface area contributed by atoms with Crippen molar-refractivity contribution in [1.82, 2.24) is 19.8 Å². The first-order valence-electron chi connectivity index (χ1n) is 8.41. The number of aryl methyl sites for hydroxylation is 1. The van der Waals surface area contributed by atoms with Gasteiger partial charge in [-0.15, -0.1) is 5.10 Å². The SMILES string of the molecule is Cc1ncc(NC(=O)OC(C)(C)C)cc1NC(=O)c1nnn2cc(Br)ccc12. The van der Waals surface area contributed by atoms with Gasteiger partial charge in [-0.3, -0.25) is 15.1 Å². The van der Waals surface area contributed by atoms with Crippen LogP contribution in [0, 0.1) is 6.92 Å². The number of anilines is 2. The lowest BCUT2D eigenvalue weighted by Gasteiger charge is -2.19. The molecule has 0 bridgehead atoms. The lowest BCUT2D eigenvalue weighted by Crippen LogP contribution is -2.27. The number of carbonyl (C=O) groups is 2. The second kappa shape index (κ2) is 7.55. The minimum absolute atomic E-state index is 0.178. The number of aromatic nitrogens is 4. The molecule has 0 aliphatic rings. The Bertz CT molecular complexity index is 1060. The Balaban J connectivity index is 1.79. The van der Waals surface area contributed by atoms with Crippen LogP contribution in [0.5, 0.6) is 0 Å². The van der Waals surface area contributed by atoms with Crippen LogP contribution in [0.1, 0.15) is 37.0 Å². The summed E-state index contributed by atoms with van der Waals surface area (Å²) >= 11 is 3.35. The number of pyridine rings is 2. The maximum Gasteiger partial charge on any atom is 0.412 e. The highest BCUT2D eigenvalue weighted by atomic mass is 79.9. The lowest BCUT2D eigenvalue weighted by molar-refractivity contribution is 0.0635. The molecule has 0 fully saturated rings. The van der Waals surface area contributed by atoms with E-state index in [1.165, 1.54) is 10.7 Å². The van der Waals surface area contributed by atoms with E-state index in [1.807, 2.05) is 0 Å². The summed E-state index contributed by atoms with van der Waals surface area (Å²) in [6.45, 7) is 7.06. The minimum atomic E-state index is -0.622. The van der Waals surface area contributed by atoms with E-state index in [9.17, 15) is 9.59 Å². The van der Waals surface area contributed by atoms with Crippen molar-refractivity contribution >= 4 is 44.8 Å². The molecule has 0 radical (unpaired) electrons. The molecule has 3 heterocycles. The van der Waals surface area contributed by atoms with E-state index >= 15 is 0 Å². The van der Waals surface area contributed by atoms with Crippen molar-refractivity contribution in [2.24, 2.45) is 0 Å². The van der Waals surface area contributed by atoms with Gasteiger partial charge in [0.05, 0.1) is 28.8 Å². The molecule has 3 rings (SSSR count). The van der Waals surface area contributed by atoms with Crippen molar-refractivity contribution in [3.63, 3.8) is 0 Å². The van der Waals surface area contributed by atoms with Gasteiger partial charge in [-0.05, 0) is 61.8 Å². The second-order valence-electron chi connectivity index (χ2n) is 7.05. The summed E-state index contributed by atoms with van der Waals surface area (Å²) in [7, 11) is 0. The maximum absolute atomic E-state index is 12.7. The van der Waals surface area contributed by atoms with Crippen LogP contribution in [-0.2, 0) is 4.74 Å². The van der Waals surface area contributed by atoms with Crippen molar-refractivity contribution in [3.05, 3.63) is 46.5 Å². The van der Waals surface area contributed by atoms with Crippen LogP contribution in [0.2, 0.25) is 0 Å². The van der Waals surface area contributed by atoms with Gasteiger partial charge in [0.25, 0.3) is 5.91 Å². The van der Waals surface area contributed by atoms with Crippen LogP contribution < -0.4 is 10.6 Å². The third-order valence-corrected chi connectivity index (χ3v) is 4.04. The van der Waals surface area contributed by atoms with Gasteiger partial charge in [0.15, 0.2) is 5.69 Å². The lowest BCUT2D eigenvalue weighted by atomic mass is 10.2. The van der Waals surface area contributed by atoms with Gasteiger partial charge in [-0.2, -0.15) is 0 Å². The first-order valence-corrected chi connectivity index (χ1v) is 9.20. The number of carbonyl (C=O) groups excluding carboxylic acids is 2. The molecule has 146 valence electrons. The predicted molar refractivity (Wildman–Crippen MR) is 107 cm³/mol. The van der Waals surface area contributed by atoms with Crippen molar-refractivity contribution in [1.29, 1.82) is 0 Å². The number of hydrogen-bond donors (Lipinski definition) is 2. The monoisotopic (exact) mass is 446 g/mol. The van der Waals surface area contributed by atoms with Crippen molar-refractivity contribution in [2.45, 2.75) is 33.3 Å². The molecular weight excluding hydrogens is 428 g/mol. The molecule has 2 N–H and O–H groups in total. The molecule has 0 aromatic carbocycles. The number of halogens is 1. The molecule has 3 aromatic heterocycles. The summed E-state index contributed by atoms with van der Waals surface area (Å²) in [5, 5.41) is 13.2. The van der Waals surface area contributed by atoms with Crippen LogP contribution in [0.25, 0.3) is 5.52 Å². The first kappa shape index (κ1) is 19.7. The molecule has 0 aliphatic heterocycles. The molecule has 9 nitrogen and oxygen atoms in total. The topological polar surface area (TPSA) is 111 Å². The molecule has 0 saturated carbocycles. The Morgan fingerprint density at radius 3 is 2.68 bits per heavy atom. The summed E-state index contributed by atoms with van der Waals surface area (Å²) in [5.41, 5.74) is 1.54. The van der Waals surface area contributed by atoms with Gasteiger partial charge < -0.3 is 10.1 Å². The highest BCUT2D eigenvalue weighted by Gasteiger charge is 2.18. The fourth-order valence-electron chi connectivity index (χ4n) is 2.36. The summed E-state index contributed by atoms with van der Waals surface area (Å²) < 4.78 is 7.54. The molecule has 0 atom stereocenters. The van der Waals surface area contributed by atoms with Crippen LogP contribution in [0.4, 0.5) is 16.2 Å². The quantitative estimate of drug-likeness (QED) is 0.632. The standard InChI is InChI=1S/C18H19BrN6O3/c1-10-13(7-12(8-20-10)21-17(27)28-18(2,3)4)22-16(26)15-14-6-5-11(19)9-25(14)24-23-15/h5-9H,1-4H3,(H,21,27)(H,22,26). The third kappa shape index (κ3) is 4.63. The number of nitrogens with one attached hydrogen (secondary N) is 2. The number of fused-ring (bicyclic) bond motifs is 1. The highest BCUT2D eigenvalue weighted by Crippen LogP contribution is 2.21. The number of rotatable bonds is 3. The predicted octanol–water partition coefficient (Wildman–Crippen LogP) is 3.79. The third-order valence-electron chi connectivity index (χ3n) is 3.57. The van der Waals surface area contributed by atoms with Crippen LogP contribution in [0.15, 0.2) is 35.1 Å². The van der Waals surface area contributed by atoms with Gasteiger partial charge in [0.2, 0.25) is 0 Å². The van der Waals surface area contributed by atoms with Crippen LogP contribution in [-0.4, -0.2) is 37.4 Å². The summed E-state index contributed by atoms with van der Waals surface area (Å²) in [5.74, 6) is -0.434. The summed E-state index contributed by atoms with van der Waals surface area (Å²) in [6, 6.07) is 5.14. The minimum Gasteiger partial charge on any atom is -0.444 e. The largest absolute Gasteiger partial charge is 0.444 e. The Morgan fingerprint density at radius 2 is 1.96 bits per heavy atom. The van der Waals surface area contributed by atoms with Gasteiger partial charge in [0.1, 0.15) is 5.60 Å². The zero-order chi connectivity index (χ0) is 20.5. The average Bonchev–Trinajstić information content (AvgIpc) is 2.99. The molecule has 0 unspecified atom stereocenters. The highest BCUT2D eigenvalue weighted by molar-refractivity contribution is 9.10. The van der Waals surface area contributed by atoms with E-state index in [0.717, 1.165) is 4.47 Å². The van der Waals surface area contributed by atoms with Crippen molar-refractivity contribution in [3.8, 4) is 0 Å². The Labute approximate surface area is 169 Å². The molecule has 3 aromatic rings. The molecule has 0 saturated heterocycles. The van der Waals surface area contributed by atoms with E-state index in [-0.39, 0.29) is 5.69 Å². The van der Waals surface area contributed by atoms with Gasteiger partial charge in [-0.1, -0.05) is 5.21 Å². The molecule has 0 aliphatic carbocycles. The van der Waals surface area contributed by atoms with E-state index in [0.29, 0.717) is 22.6 Å². The van der Waals surface area contributed by atoms with E-state index in [1.54, 1.807) is 52.1 Å². The van der Waals surface area contributed by atoms with Crippen LogP contribution >= 0.6 is 15.9 Å². The average molecular weight is 447 g/mol. The molecule has 28 heavy (non-hydrogen) atoms. The normalized spacial score (nSPS) is 11.3. The summed E-state index contributed by atoms with van der Waals surface area (Å²) in [6.07, 6.45) is 2.59. The second-order valence-corrected chi connectivity index (χ2v) is 7.97. The Hall–Kier alpha value is -3.01. The number of ether oxygens (including phenoxy) is 1. The van der Waals surface area contributed by atoms with Gasteiger partial charge >= 0.3 is 6.09 Å². The van der Waals surface area contributed by atoms with Crippen LogP contribution in [0.3, 0.4) is 0 Å². The zero-order valence-corrected chi connectivity index (χ0v) is 17.4. The maximum atomic E-state index is 12.7. The Kier molecular flexibility index (Phi) is 5.32. The number of amides is 2. The van der Waals surface area contributed by atoms with E-state index < -0.39 is 17.6 Å². The zero-order valence-electron chi connectivity index (χ0n) is 15.8. The smallest absolute Gasteiger partial charge is 0.412 e. The van der Waals surface area contributed by atoms with E-state index in [4.69, 9.17) is 4.74 Å². The Morgan fingerprint density at radius 1 is 1.21 bits per heavy atom. The molecular formula is C18H19BrN6O3. The molecule has 2 amide bonds. The fourth-order valence-corrected chi connectivity index (χ4v) is 2.69. The van der Waals surface area contributed by atoms with Crippen molar-refractivity contribution in [2.75, 3.05) is 10.6 Å².